The van der Waals surface area contributed by atoms with Crippen molar-refractivity contribution in [3.63, 3.8) is 0 Å². The highest BCUT2D eigenvalue weighted by molar-refractivity contribution is 9.10. The molecule has 2 aromatic rings. The average Bonchev–Trinajstić information content (AvgIpc) is 2.40. The van der Waals surface area contributed by atoms with Crippen LogP contribution in [0.1, 0.15) is 24.1 Å². The second-order valence-electron chi connectivity index (χ2n) is 4.58. The van der Waals surface area contributed by atoms with Gasteiger partial charge < -0.3 is 5.32 Å². The van der Waals surface area contributed by atoms with Gasteiger partial charge in [-0.2, -0.15) is 13.2 Å². The van der Waals surface area contributed by atoms with Crippen LogP contribution >= 0.6 is 27.5 Å². The lowest BCUT2D eigenvalue weighted by atomic mass is 10.1. The third-order valence-corrected chi connectivity index (χ3v) is 4.07. The maximum Gasteiger partial charge on any atom is 0.416 e. The summed E-state index contributed by atoms with van der Waals surface area (Å²) in [7, 11) is 0. The third-order valence-electron chi connectivity index (χ3n) is 3.04. The SMILES string of the molecule is CC(Nc1cc(C(F)(F)F)ccc1Br)c1ccccc1Cl. The first-order valence-corrected chi connectivity index (χ1v) is 7.34. The van der Waals surface area contributed by atoms with Crippen molar-refractivity contribution in [3.8, 4) is 0 Å². The molecule has 0 fully saturated rings. The van der Waals surface area contributed by atoms with Crippen LogP contribution in [-0.2, 0) is 6.18 Å². The first-order valence-electron chi connectivity index (χ1n) is 6.16. The summed E-state index contributed by atoms with van der Waals surface area (Å²) in [5.74, 6) is 0. The topological polar surface area (TPSA) is 12.0 Å². The van der Waals surface area contributed by atoms with E-state index in [-0.39, 0.29) is 6.04 Å². The molecule has 2 rings (SSSR count). The van der Waals surface area contributed by atoms with Gasteiger partial charge in [0, 0.05) is 15.2 Å². The Morgan fingerprint density at radius 1 is 1.14 bits per heavy atom. The summed E-state index contributed by atoms with van der Waals surface area (Å²) >= 11 is 9.35. The summed E-state index contributed by atoms with van der Waals surface area (Å²) < 4.78 is 38.8. The number of halogens is 5. The molecule has 1 atom stereocenters. The lowest BCUT2D eigenvalue weighted by molar-refractivity contribution is -0.137. The maximum atomic E-state index is 12.8. The van der Waals surface area contributed by atoms with Gasteiger partial charge in [-0.25, -0.2) is 0 Å². The van der Waals surface area contributed by atoms with Gasteiger partial charge in [-0.1, -0.05) is 29.8 Å². The summed E-state index contributed by atoms with van der Waals surface area (Å²) in [6.45, 7) is 1.84. The molecule has 0 spiro atoms. The predicted octanol–water partition coefficient (Wildman–Crippen LogP) is 6.29. The van der Waals surface area contributed by atoms with Gasteiger partial charge in [0.2, 0.25) is 0 Å². The number of hydrogen-bond acceptors (Lipinski definition) is 1. The number of rotatable bonds is 3. The average molecular weight is 379 g/mol. The van der Waals surface area contributed by atoms with Crippen molar-refractivity contribution in [1.29, 1.82) is 0 Å². The first-order chi connectivity index (χ1) is 9.79. The number of anilines is 1. The second-order valence-corrected chi connectivity index (χ2v) is 5.84. The van der Waals surface area contributed by atoms with E-state index in [1.54, 1.807) is 12.1 Å². The van der Waals surface area contributed by atoms with E-state index in [1.165, 1.54) is 6.07 Å². The minimum absolute atomic E-state index is 0.224. The predicted molar refractivity (Wildman–Crippen MR) is 82.6 cm³/mol. The molecule has 0 saturated carbocycles. The third kappa shape index (κ3) is 3.92. The van der Waals surface area contributed by atoms with E-state index in [2.05, 4.69) is 21.2 Å². The highest BCUT2D eigenvalue weighted by atomic mass is 79.9. The Balaban J connectivity index is 2.29. The van der Waals surface area contributed by atoms with Gasteiger partial charge in [0.05, 0.1) is 11.6 Å². The van der Waals surface area contributed by atoms with Gasteiger partial charge in [0.25, 0.3) is 0 Å². The van der Waals surface area contributed by atoms with Crippen molar-refractivity contribution in [2.45, 2.75) is 19.1 Å². The zero-order chi connectivity index (χ0) is 15.6. The van der Waals surface area contributed by atoms with Crippen molar-refractivity contribution in [2.24, 2.45) is 0 Å². The highest BCUT2D eigenvalue weighted by Gasteiger charge is 2.31. The minimum Gasteiger partial charge on any atom is -0.378 e. The molecule has 0 bridgehead atoms. The summed E-state index contributed by atoms with van der Waals surface area (Å²) in [5, 5.41) is 3.62. The monoisotopic (exact) mass is 377 g/mol. The zero-order valence-corrected chi connectivity index (χ0v) is 13.4. The first kappa shape index (κ1) is 16.2. The molecule has 1 unspecified atom stereocenters. The molecule has 1 nitrogen and oxygen atoms in total. The smallest absolute Gasteiger partial charge is 0.378 e. The van der Waals surface area contributed by atoms with Crippen LogP contribution in [0.4, 0.5) is 18.9 Å². The fourth-order valence-electron chi connectivity index (χ4n) is 1.95. The molecule has 0 saturated heterocycles. The Hall–Kier alpha value is -1.20. The van der Waals surface area contributed by atoms with Crippen molar-refractivity contribution in [1.82, 2.24) is 0 Å². The lowest BCUT2D eigenvalue weighted by Crippen LogP contribution is -2.10. The maximum absolute atomic E-state index is 12.8. The van der Waals surface area contributed by atoms with Crippen LogP contribution < -0.4 is 5.32 Å². The molecule has 0 amide bonds. The molecule has 0 aliphatic heterocycles. The molecule has 112 valence electrons. The normalized spacial score (nSPS) is 13.0. The Kier molecular flexibility index (Phi) is 4.84. The van der Waals surface area contributed by atoms with Crippen LogP contribution in [0.25, 0.3) is 0 Å². The summed E-state index contributed by atoms with van der Waals surface area (Å²) in [6.07, 6.45) is -4.37. The number of alkyl halides is 3. The van der Waals surface area contributed by atoms with E-state index in [0.717, 1.165) is 17.7 Å². The van der Waals surface area contributed by atoms with Crippen LogP contribution in [0.2, 0.25) is 5.02 Å². The molecule has 21 heavy (non-hydrogen) atoms. The lowest BCUT2D eigenvalue weighted by Gasteiger charge is -2.19. The molecule has 1 N–H and O–H groups in total. The second kappa shape index (κ2) is 6.28. The number of benzene rings is 2. The van der Waals surface area contributed by atoms with Crippen molar-refractivity contribution in [2.75, 3.05) is 5.32 Å². The molecule has 6 heteroatoms. The van der Waals surface area contributed by atoms with Gasteiger partial charge in [-0.15, -0.1) is 0 Å². The van der Waals surface area contributed by atoms with E-state index in [9.17, 15) is 13.2 Å². The number of nitrogens with one attached hydrogen (secondary N) is 1. The molecule has 2 aromatic carbocycles. The quantitative estimate of drug-likeness (QED) is 0.661. The minimum atomic E-state index is -4.37. The van der Waals surface area contributed by atoms with Crippen LogP contribution in [0.3, 0.4) is 0 Å². The van der Waals surface area contributed by atoms with E-state index < -0.39 is 11.7 Å². The van der Waals surface area contributed by atoms with Gasteiger partial charge >= 0.3 is 6.18 Å². The van der Waals surface area contributed by atoms with E-state index >= 15 is 0 Å². The molecular weight excluding hydrogens is 367 g/mol. The molecule has 0 aromatic heterocycles. The van der Waals surface area contributed by atoms with Crippen LogP contribution in [0.15, 0.2) is 46.9 Å². The van der Waals surface area contributed by atoms with Gasteiger partial charge in [0.15, 0.2) is 0 Å². The van der Waals surface area contributed by atoms with Gasteiger partial charge in [0.1, 0.15) is 0 Å². The summed E-state index contributed by atoms with van der Waals surface area (Å²) in [5.41, 5.74) is 0.500. The fraction of sp³-hybridized carbons (Fsp3) is 0.200. The highest BCUT2D eigenvalue weighted by Crippen LogP contribution is 2.35. The fourth-order valence-corrected chi connectivity index (χ4v) is 2.61. The number of hydrogen-bond donors (Lipinski definition) is 1. The standard InChI is InChI=1S/C15H12BrClF3N/c1-9(11-4-2-3-5-13(11)17)21-14-8-10(15(18,19)20)6-7-12(14)16/h2-9,21H,1H3. The van der Waals surface area contributed by atoms with Gasteiger partial charge in [-0.05, 0) is 52.7 Å². The van der Waals surface area contributed by atoms with E-state index in [1.807, 2.05) is 19.1 Å². The summed E-state index contributed by atoms with van der Waals surface area (Å²) in [6, 6.07) is 10.5. The Labute approximate surface area is 134 Å². The van der Waals surface area contributed by atoms with Crippen molar-refractivity contribution in [3.05, 3.63) is 63.1 Å². The van der Waals surface area contributed by atoms with Crippen molar-refractivity contribution < 1.29 is 13.2 Å². The molecular formula is C15H12BrClF3N. The van der Waals surface area contributed by atoms with Crippen LogP contribution in [0.5, 0.6) is 0 Å². The largest absolute Gasteiger partial charge is 0.416 e. The van der Waals surface area contributed by atoms with Crippen LogP contribution in [-0.4, -0.2) is 0 Å². The molecule has 0 radical (unpaired) electrons. The van der Waals surface area contributed by atoms with E-state index in [0.29, 0.717) is 15.2 Å². The van der Waals surface area contributed by atoms with E-state index in [4.69, 9.17) is 11.6 Å². The Morgan fingerprint density at radius 2 is 1.81 bits per heavy atom. The zero-order valence-electron chi connectivity index (χ0n) is 11.0. The van der Waals surface area contributed by atoms with Crippen LogP contribution in [0, 0.1) is 0 Å². The Morgan fingerprint density at radius 3 is 2.43 bits per heavy atom. The molecule has 0 heterocycles. The Bertz CT molecular complexity index is 643. The molecule has 0 aliphatic rings. The summed E-state index contributed by atoms with van der Waals surface area (Å²) in [4.78, 5) is 0. The van der Waals surface area contributed by atoms with Gasteiger partial charge in [-0.3, -0.25) is 0 Å². The molecule has 0 aliphatic carbocycles. The van der Waals surface area contributed by atoms with Crippen molar-refractivity contribution >= 4 is 33.2 Å².